The first-order valence-corrected chi connectivity index (χ1v) is 49.6. The number of phosphoric acid groups is 2. The van der Waals surface area contributed by atoms with Crippen molar-refractivity contribution in [2.24, 2.45) is 5.92 Å². The zero-order valence-corrected chi connectivity index (χ0v) is 73.5. The van der Waals surface area contributed by atoms with Gasteiger partial charge in [-0.25, -0.2) is 9.13 Å². The van der Waals surface area contributed by atoms with E-state index < -0.39 is 97.5 Å². The van der Waals surface area contributed by atoms with Gasteiger partial charge in [-0.15, -0.1) is 0 Å². The Morgan fingerprint density at radius 2 is 0.422 bits per heavy atom. The summed E-state index contributed by atoms with van der Waals surface area (Å²) in [6, 6.07) is 0. The summed E-state index contributed by atoms with van der Waals surface area (Å²) >= 11 is 0. The number of ether oxygens (including phenoxy) is 4. The van der Waals surface area contributed by atoms with Crippen molar-refractivity contribution in [2.75, 3.05) is 39.6 Å². The second-order valence-corrected chi connectivity index (χ2v) is 35.7. The molecule has 0 aliphatic heterocycles. The van der Waals surface area contributed by atoms with Crippen LogP contribution in [0.1, 0.15) is 490 Å². The highest BCUT2D eigenvalue weighted by molar-refractivity contribution is 7.47. The fourth-order valence-corrected chi connectivity index (χ4v) is 15.8. The number of carbonyl (C=O) groups is 4. The number of aliphatic hydroxyl groups excluding tert-OH is 1. The van der Waals surface area contributed by atoms with Crippen molar-refractivity contribution in [1.82, 2.24) is 0 Å². The molecule has 0 rings (SSSR count). The van der Waals surface area contributed by atoms with Crippen LogP contribution >= 0.6 is 15.6 Å². The van der Waals surface area contributed by atoms with Crippen LogP contribution in [-0.2, 0) is 65.4 Å². The summed E-state index contributed by atoms with van der Waals surface area (Å²) in [6.07, 6.45) is 77.8. The zero-order chi connectivity index (χ0) is 79.7. The standard InChI is InChI=1S/C90H176O17P2/c1-6-9-12-15-18-21-24-27-29-31-33-34-35-36-38-40-45-50-55-60-65-70-75-89(94)107-86(80-101-88(93)74-69-64-59-54-49-44-39-37-32-30-28-25-22-19-16-13-10-7-2)82-105-109(98,99)103-78-84(91)77-102-108(96,97)104-81-85(79-100-87(92)73-68-63-58-53-48-26-23-20-17-14-11-8-3)106-90(95)76-71-66-61-56-51-46-42-41-43-47-52-57-62-67-72-83(4)5/h83-86,91H,6-82H2,1-5H3,(H,96,97)(H,98,99)/t84-,85+,86+/m0/s1. The van der Waals surface area contributed by atoms with Gasteiger partial charge in [-0.2, -0.15) is 0 Å². The topological polar surface area (TPSA) is 237 Å². The van der Waals surface area contributed by atoms with E-state index in [1.165, 1.54) is 315 Å². The normalized spacial score (nSPS) is 13.7. The fourth-order valence-electron chi connectivity index (χ4n) is 14.2. The molecule has 0 spiro atoms. The predicted molar refractivity (Wildman–Crippen MR) is 451 cm³/mol. The van der Waals surface area contributed by atoms with Crippen molar-refractivity contribution in [3.63, 3.8) is 0 Å². The minimum atomic E-state index is -4.97. The third-order valence-electron chi connectivity index (χ3n) is 21.3. The fraction of sp³-hybridized carbons (Fsp3) is 0.956. The molecular weight excluding hydrogens is 1410 g/mol. The lowest BCUT2D eigenvalue weighted by molar-refractivity contribution is -0.161. The molecule has 19 heteroatoms. The largest absolute Gasteiger partial charge is 0.472 e. The molecule has 648 valence electrons. The Morgan fingerprint density at radius 3 is 0.624 bits per heavy atom. The molecule has 2 unspecified atom stereocenters. The third kappa shape index (κ3) is 83.8. The Hall–Kier alpha value is -1.94. The van der Waals surface area contributed by atoms with Crippen LogP contribution in [0, 0.1) is 5.92 Å². The highest BCUT2D eigenvalue weighted by Crippen LogP contribution is 2.45. The van der Waals surface area contributed by atoms with Crippen LogP contribution in [-0.4, -0.2) is 96.7 Å². The second kappa shape index (κ2) is 82.6. The van der Waals surface area contributed by atoms with Crippen LogP contribution in [0.5, 0.6) is 0 Å². The molecule has 109 heavy (non-hydrogen) atoms. The van der Waals surface area contributed by atoms with Crippen molar-refractivity contribution >= 4 is 39.5 Å². The maximum atomic E-state index is 13.2. The minimum Gasteiger partial charge on any atom is -0.462 e. The highest BCUT2D eigenvalue weighted by atomic mass is 31.2. The van der Waals surface area contributed by atoms with Crippen molar-refractivity contribution in [3.05, 3.63) is 0 Å². The molecule has 3 N–H and O–H groups in total. The number of aliphatic hydroxyl groups is 1. The predicted octanol–water partition coefficient (Wildman–Crippen LogP) is 27.9. The zero-order valence-electron chi connectivity index (χ0n) is 71.7. The molecule has 0 aromatic heterocycles. The van der Waals surface area contributed by atoms with Crippen LogP contribution in [0.4, 0.5) is 0 Å². The van der Waals surface area contributed by atoms with Crippen LogP contribution < -0.4 is 0 Å². The van der Waals surface area contributed by atoms with E-state index in [0.717, 1.165) is 95.8 Å². The molecule has 0 saturated carbocycles. The summed E-state index contributed by atoms with van der Waals surface area (Å²) in [7, 11) is -9.93. The first-order valence-electron chi connectivity index (χ1n) is 46.6. The van der Waals surface area contributed by atoms with Crippen molar-refractivity contribution < 1.29 is 80.2 Å². The van der Waals surface area contributed by atoms with E-state index >= 15 is 0 Å². The van der Waals surface area contributed by atoms with Crippen LogP contribution in [0.3, 0.4) is 0 Å². The van der Waals surface area contributed by atoms with E-state index in [2.05, 4.69) is 34.6 Å². The van der Waals surface area contributed by atoms with Gasteiger partial charge in [0.1, 0.15) is 19.3 Å². The molecule has 0 radical (unpaired) electrons. The maximum Gasteiger partial charge on any atom is 0.472 e. The quantitative estimate of drug-likeness (QED) is 0.0222. The van der Waals surface area contributed by atoms with Gasteiger partial charge in [0.25, 0.3) is 0 Å². The number of esters is 4. The molecule has 0 aromatic carbocycles. The maximum absolute atomic E-state index is 13.2. The molecule has 0 aliphatic carbocycles. The van der Waals surface area contributed by atoms with Crippen LogP contribution in [0.25, 0.3) is 0 Å². The number of rotatable bonds is 90. The highest BCUT2D eigenvalue weighted by Gasteiger charge is 2.31. The summed E-state index contributed by atoms with van der Waals surface area (Å²) in [6.45, 7) is 7.41. The van der Waals surface area contributed by atoms with Crippen molar-refractivity contribution in [3.8, 4) is 0 Å². The van der Waals surface area contributed by atoms with Gasteiger partial charge in [-0.1, -0.05) is 439 Å². The third-order valence-corrected chi connectivity index (χ3v) is 23.2. The lowest BCUT2D eigenvalue weighted by atomic mass is 10.0. The molecule has 0 heterocycles. The lowest BCUT2D eigenvalue weighted by Crippen LogP contribution is -2.30. The van der Waals surface area contributed by atoms with Gasteiger partial charge < -0.3 is 33.8 Å². The number of phosphoric ester groups is 2. The first-order chi connectivity index (χ1) is 53.0. The monoisotopic (exact) mass is 1590 g/mol. The molecule has 0 aliphatic rings. The van der Waals surface area contributed by atoms with Crippen LogP contribution in [0.15, 0.2) is 0 Å². The van der Waals surface area contributed by atoms with Crippen molar-refractivity contribution in [2.45, 2.75) is 509 Å². The summed E-state index contributed by atoms with van der Waals surface area (Å²) in [5, 5.41) is 10.7. The van der Waals surface area contributed by atoms with E-state index in [-0.39, 0.29) is 25.7 Å². The van der Waals surface area contributed by atoms with Crippen LogP contribution in [0.2, 0.25) is 0 Å². The number of carbonyl (C=O) groups excluding carboxylic acids is 4. The van der Waals surface area contributed by atoms with Gasteiger partial charge >= 0.3 is 39.5 Å². The Kier molecular flexibility index (Phi) is 81.1. The molecule has 0 bridgehead atoms. The summed E-state index contributed by atoms with van der Waals surface area (Å²) in [5.74, 6) is -1.30. The molecule has 0 amide bonds. The van der Waals surface area contributed by atoms with E-state index in [9.17, 15) is 43.2 Å². The minimum absolute atomic E-state index is 0.108. The average Bonchev–Trinajstić information content (AvgIpc) is 0.901. The van der Waals surface area contributed by atoms with Gasteiger partial charge in [0.2, 0.25) is 0 Å². The van der Waals surface area contributed by atoms with Gasteiger partial charge in [0.15, 0.2) is 12.2 Å². The number of hydrogen-bond acceptors (Lipinski definition) is 15. The van der Waals surface area contributed by atoms with Crippen molar-refractivity contribution in [1.29, 1.82) is 0 Å². The molecule has 0 saturated heterocycles. The Balaban J connectivity index is 5.24. The number of hydrogen-bond donors (Lipinski definition) is 3. The number of unbranched alkanes of at least 4 members (excludes halogenated alkanes) is 62. The summed E-state index contributed by atoms with van der Waals surface area (Å²) < 4.78 is 69.1. The molecule has 0 fully saturated rings. The van der Waals surface area contributed by atoms with E-state index in [4.69, 9.17) is 37.0 Å². The van der Waals surface area contributed by atoms with Gasteiger partial charge in [-0.3, -0.25) is 37.3 Å². The molecular formula is C90H176O17P2. The molecule has 17 nitrogen and oxygen atoms in total. The van der Waals surface area contributed by atoms with Gasteiger partial charge in [-0.05, 0) is 31.6 Å². The average molecular weight is 1590 g/mol. The lowest BCUT2D eigenvalue weighted by Gasteiger charge is -2.21. The van der Waals surface area contributed by atoms with E-state index in [0.29, 0.717) is 25.7 Å². The Morgan fingerprint density at radius 1 is 0.248 bits per heavy atom. The van der Waals surface area contributed by atoms with Gasteiger partial charge in [0, 0.05) is 25.7 Å². The molecule has 5 atom stereocenters. The van der Waals surface area contributed by atoms with E-state index in [1.807, 2.05) is 0 Å². The first kappa shape index (κ1) is 107. The van der Waals surface area contributed by atoms with E-state index in [1.54, 1.807) is 0 Å². The van der Waals surface area contributed by atoms with Gasteiger partial charge in [0.05, 0.1) is 26.4 Å². The summed E-state index contributed by atoms with van der Waals surface area (Å²) in [5.41, 5.74) is 0. The second-order valence-electron chi connectivity index (χ2n) is 32.8. The summed E-state index contributed by atoms with van der Waals surface area (Å²) in [4.78, 5) is 73.4. The Bertz CT molecular complexity index is 2070. The Labute approximate surface area is 670 Å². The smallest absolute Gasteiger partial charge is 0.462 e. The SMILES string of the molecule is CCCCCCCCCCCCCCCCCCCCCCCCC(=O)O[C@H](COC(=O)CCCCCCCCCCCCCCCCCCCC)COP(=O)(O)OC[C@@H](O)COP(=O)(O)OC[C@@H](COC(=O)CCCCCCCCCCCCCC)OC(=O)CCCCCCCCCCCCCCCCC(C)C. The molecule has 0 aromatic rings.